The molecule has 0 bridgehead atoms. The molecule has 0 aromatic carbocycles. The van der Waals surface area contributed by atoms with E-state index in [0.717, 1.165) is 11.3 Å². The summed E-state index contributed by atoms with van der Waals surface area (Å²) in [7, 11) is -3.38. The topological polar surface area (TPSA) is 72.6 Å². The van der Waals surface area contributed by atoms with Gasteiger partial charge in [-0.3, -0.25) is 0 Å². The average molecular weight is 327 g/mol. The minimum Gasteiger partial charge on any atom is -0.374 e. The van der Waals surface area contributed by atoms with Gasteiger partial charge in [-0.15, -0.1) is 23.7 Å². The molecule has 2 heterocycles. The Balaban J connectivity index is 0.00000180. The maximum atomic E-state index is 12.4. The molecule has 2 N–H and O–H groups in total. The zero-order valence-electron chi connectivity index (χ0n) is 10.7. The van der Waals surface area contributed by atoms with Gasteiger partial charge in [0.25, 0.3) is 10.0 Å². The van der Waals surface area contributed by atoms with Crippen molar-refractivity contribution in [1.29, 1.82) is 0 Å². The molecular formula is C11H19ClN2O3S2. The van der Waals surface area contributed by atoms with E-state index in [9.17, 15) is 8.42 Å². The van der Waals surface area contributed by atoms with Crippen LogP contribution in [0.3, 0.4) is 0 Å². The van der Waals surface area contributed by atoms with E-state index in [4.69, 9.17) is 10.5 Å². The van der Waals surface area contributed by atoms with E-state index >= 15 is 0 Å². The molecule has 1 aromatic heterocycles. The molecule has 0 saturated carbocycles. The van der Waals surface area contributed by atoms with E-state index in [1.165, 1.54) is 15.6 Å². The summed E-state index contributed by atoms with van der Waals surface area (Å²) in [5.74, 6) is 0. The summed E-state index contributed by atoms with van der Waals surface area (Å²) in [5.41, 5.74) is 5.53. The molecule has 1 aliphatic heterocycles. The third kappa shape index (κ3) is 3.68. The lowest BCUT2D eigenvalue weighted by Gasteiger charge is -2.31. The van der Waals surface area contributed by atoms with E-state index in [0.29, 0.717) is 30.5 Å². The van der Waals surface area contributed by atoms with Gasteiger partial charge in [0.05, 0.1) is 12.7 Å². The molecule has 1 unspecified atom stereocenters. The highest BCUT2D eigenvalue weighted by Crippen LogP contribution is 2.26. The number of aryl methyl sites for hydroxylation is 1. The predicted octanol–water partition coefficient (Wildman–Crippen LogP) is 1.08. The van der Waals surface area contributed by atoms with Crippen LogP contribution in [-0.2, 0) is 21.2 Å². The molecule has 5 nitrogen and oxygen atoms in total. The number of morpholine rings is 1. The Hall–Kier alpha value is -0.180. The quantitative estimate of drug-likeness (QED) is 0.898. The summed E-state index contributed by atoms with van der Waals surface area (Å²) in [6, 6.07) is 3.56. The first kappa shape index (κ1) is 16.9. The number of hydrogen-bond donors (Lipinski definition) is 1. The molecule has 0 aliphatic carbocycles. The molecule has 1 aliphatic rings. The number of rotatable bonds is 4. The SMILES string of the molecule is CCc1ccc(S(=O)(=O)N2CCOC(CN)C2)s1.Cl. The highest BCUT2D eigenvalue weighted by molar-refractivity contribution is 7.91. The maximum Gasteiger partial charge on any atom is 0.252 e. The number of nitrogens with two attached hydrogens (primary N) is 1. The monoisotopic (exact) mass is 326 g/mol. The van der Waals surface area contributed by atoms with E-state index < -0.39 is 10.0 Å². The van der Waals surface area contributed by atoms with Gasteiger partial charge >= 0.3 is 0 Å². The van der Waals surface area contributed by atoms with Crippen LogP contribution in [0.15, 0.2) is 16.3 Å². The summed E-state index contributed by atoms with van der Waals surface area (Å²) >= 11 is 1.34. The molecule has 1 saturated heterocycles. The summed E-state index contributed by atoms with van der Waals surface area (Å²) in [6.07, 6.45) is 0.661. The lowest BCUT2D eigenvalue weighted by atomic mass is 10.3. The third-order valence-corrected chi connectivity index (χ3v) is 6.51. The summed E-state index contributed by atoms with van der Waals surface area (Å²) in [5, 5.41) is 0. The zero-order valence-corrected chi connectivity index (χ0v) is 13.2. The molecule has 8 heteroatoms. The van der Waals surface area contributed by atoms with Crippen LogP contribution >= 0.6 is 23.7 Å². The first-order valence-corrected chi connectivity index (χ1v) is 8.24. The van der Waals surface area contributed by atoms with Crippen molar-refractivity contribution < 1.29 is 13.2 Å². The second-order valence-electron chi connectivity index (χ2n) is 4.17. The normalized spacial score (nSPS) is 21.1. The molecule has 0 spiro atoms. The zero-order chi connectivity index (χ0) is 13.2. The number of ether oxygens (including phenoxy) is 1. The fraction of sp³-hybridized carbons (Fsp3) is 0.636. The molecule has 1 atom stereocenters. The second kappa shape index (κ2) is 7.01. The first-order chi connectivity index (χ1) is 8.57. The Labute approximate surface area is 124 Å². The number of hydrogen-bond acceptors (Lipinski definition) is 5. The van der Waals surface area contributed by atoms with Crippen LogP contribution in [0, 0.1) is 0 Å². The lowest BCUT2D eigenvalue weighted by Crippen LogP contribution is -2.47. The van der Waals surface area contributed by atoms with Crippen molar-refractivity contribution in [2.75, 3.05) is 26.2 Å². The van der Waals surface area contributed by atoms with Crippen molar-refractivity contribution in [2.24, 2.45) is 5.73 Å². The molecule has 1 aromatic rings. The number of sulfonamides is 1. The van der Waals surface area contributed by atoms with Gasteiger partial charge in [-0.2, -0.15) is 4.31 Å². The average Bonchev–Trinajstić information content (AvgIpc) is 2.88. The Kier molecular flexibility index (Phi) is 6.22. The Morgan fingerprint density at radius 3 is 2.84 bits per heavy atom. The summed E-state index contributed by atoms with van der Waals surface area (Å²) < 4.78 is 32.1. The van der Waals surface area contributed by atoms with Crippen molar-refractivity contribution >= 4 is 33.8 Å². The molecule has 1 fully saturated rings. The van der Waals surface area contributed by atoms with Crippen LogP contribution in [0.5, 0.6) is 0 Å². The standard InChI is InChI=1S/C11H18N2O3S2.ClH/c1-2-10-3-4-11(17-10)18(14,15)13-5-6-16-9(7-12)8-13;/h3-4,9H,2,5-8,12H2,1H3;1H. The van der Waals surface area contributed by atoms with Gasteiger partial charge in [0.2, 0.25) is 0 Å². The number of halogens is 1. The molecule has 110 valence electrons. The Morgan fingerprint density at radius 2 is 2.26 bits per heavy atom. The van der Waals surface area contributed by atoms with Gasteiger partial charge in [0.1, 0.15) is 4.21 Å². The van der Waals surface area contributed by atoms with Gasteiger partial charge < -0.3 is 10.5 Å². The van der Waals surface area contributed by atoms with Gasteiger partial charge in [0.15, 0.2) is 0 Å². The highest BCUT2D eigenvalue weighted by Gasteiger charge is 2.31. The van der Waals surface area contributed by atoms with E-state index in [2.05, 4.69) is 0 Å². The van der Waals surface area contributed by atoms with Crippen molar-refractivity contribution in [1.82, 2.24) is 4.31 Å². The Bertz CT molecular complexity index is 504. The van der Waals surface area contributed by atoms with Crippen molar-refractivity contribution in [3.63, 3.8) is 0 Å². The van der Waals surface area contributed by atoms with Crippen LogP contribution in [-0.4, -0.2) is 45.1 Å². The minimum atomic E-state index is -3.38. The summed E-state index contributed by atoms with van der Waals surface area (Å²) in [4.78, 5) is 1.08. The first-order valence-electron chi connectivity index (χ1n) is 5.98. The van der Waals surface area contributed by atoms with Crippen molar-refractivity contribution in [3.8, 4) is 0 Å². The smallest absolute Gasteiger partial charge is 0.252 e. The Morgan fingerprint density at radius 1 is 1.53 bits per heavy atom. The lowest BCUT2D eigenvalue weighted by molar-refractivity contribution is 0.00456. The highest BCUT2D eigenvalue weighted by atomic mass is 35.5. The minimum absolute atomic E-state index is 0. The van der Waals surface area contributed by atoms with Crippen LogP contribution in [0.1, 0.15) is 11.8 Å². The fourth-order valence-electron chi connectivity index (χ4n) is 1.87. The second-order valence-corrected chi connectivity index (χ2v) is 7.50. The maximum absolute atomic E-state index is 12.4. The van der Waals surface area contributed by atoms with Crippen LogP contribution in [0.4, 0.5) is 0 Å². The third-order valence-electron chi connectivity index (χ3n) is 2.94. The van der Waals surface area contributed by atoms with Gasteiger partial charge in [-0.1, -0.05) is 6.92 Å². The molecule has 0 radical (unpaired) electrons. The van der Waals surface area contributed by atoms with Gasteiger partial charge in [-0.25, -0.2) is 8.42 Å². The van der Waals surface area contributed by atoms with E-state index in [1.807, 2.05) is 13.0 Å². The van der Waals surface area contributed by atoms with E-state index in [1.54, 1.807) is 6.07 Å². The number of thiophene rings is 1. The van der Waals surface area contributed by atoms with Crippen LogP contribution < -0.4 is 5.73 Å². The fourth-order valence-corrected chi connectivity index (χ4v) is 4.77. The van der Waals surface area contributed by atoms with Gasteiger partial charge in [0, 0.05) is 24.5 Å². The van der Waals surface area contributed by atoms with Crippen molar-refractivity contribution in [3.05, 3.63) is 17.0 Å². The summed E-state index contributed by atoms with van der Waals surface area (Å²) in [6.45, 7) is 3.52. The molecule has 19 heavy (non-hydrogen) atoms. The molecular weight excluding hydrogens is 308 g/mol. The molecule has 0 amide bonds. The van der Waals surface area contributed by atoms with E-state index in [-0.39, 0.29) is 18.5 Å². The largest absolute Gasteiger partial charge is 0.374 e. The van der Waals surface area contributed by atoms with Crippen LogP contribution in [0.25, 0.3) is 0 Å². The van der Waals surface area contributed by atoms with Gasteiger partial charge in [-0.05, 0) is 18.6 Å². The predicted molar refractivity (Wildman–Crippen MR) is 78.5 cm³/mol. The van der Waals surface area contributed by atoms with Crippen molar-refractivity contribution in [2.45, 2.75) is 23.7 Å². The van der Waals surface area contributed by atoms with Crippen LogP contribution in [0.2, 0.25) is 0 Å². The molecule has 2 rings (SSSR count). The number of nitrogens with zero attached hydrogens (tertiary/aromatic N) is 1.